The smallest absolute Gasteiger partial charge is 0.0255 e. The van der Waals surface area contributed by atoms with Gasteiger partial charge >= 0.3 is 0 Å². The van der Waals surface area contributed by atoms with Gasteiger partial charge in [-0.1, -0.05) is 12.8 Å². The molecule has 0 bridgehead atoms. The molecule has 3 heterocycles. The molecule has 3 aliphatic rings. The van der Waals surface area contributed by atoms with Gasteiger partial charge in [0.05, 0.1) is 0 Å². The average molecular weight is 222 g/mol. The van der Waals surface area contributed by atoms with Gasteiger partial charge < -0.3 is 0 Å². The lowest BCUT2D eigenvalue weighted by Gasteiger charge is -2.55. The van der Waals surface area contributed by atoms with Crippen LogP contribution in [0, 0.1) is 0 Å². The molecule has 2 nitrogen and oxygen atoms in total. The Balaban J connectivity index is 1.78. The summed E-state index contributed by atoms with van der Waals surface area (Å²) in [5, 5.41) is 0. The van der Waals surface area contributed by atoms with Gasteiger partial charge in [0.25, 0.3) is 0 Å². The van der Waals surface area contributed by atoms with Gasteiger partial charge in [-0.25, -0.2) is 0 Å². The molecule has 2 heteroatoms. The highest BCUT2D eigenvalue weighted by molar-refractivity contribution is 4.99. The molecular weight excluding hydrogens is 196 g/mol. The Labute approximate surface area is 100.0 Å². The Bertz CT molecular complexity index is 227. The maximum atomic E-state index is 2.82. The van der Waals surface area contributed by atoms with E-state index in [1.165, 1.54) is 51.6 Å². The van der Waals surface area contributed by atoms with Gasteiger partial charge in [0, 0.05) is 37.3 Å². The van der Waals surface area contributed by atoms with Crippen molar-refractivity contribution in [2.45, 2.75) is 76.5 Å². The first-order valence-corrected chi connectivity index (χ1v) is 7.29. The molecule has 0 amide bonds. The van der Waals surface area contributed by atoms with E-state index in [0.717, 1.165) is 24.2 Å². The fourth-order valence-corrected chi connectivity index (χ4v) is 4.39. The second-order valence-corrected chi connectivity index (χ2v) is 6.17. The minimum Gasteiger partial charge on any atom is -0.295 e. The highest BCUT2D eigenvalue weighted by Gasteiger charge is 2.42. The normalized spacial score (nSPS) is 46.1. The van der Waals surface area contributed by atoms with Crippen LogP contribution in [0.15, 0.2) is 0 Å². The molecule has 0 aromatic heterocycles. The third kappa shape index (κ3) is 1.70. The summed E-state index contributed by atoms with van der Waals surface area (Å²) in [6.45, 7) is 7.53. The van der Waals surface area contributed by atoms with Crippen molar-refractivity contribution in [3.63, 3.8) is 0 Å². The highest BCUT2D eigenvalue weighted by atomic mass is 15.3. The molecule has 92 valence electrons. The van der Waals surface area contributed by atoms with Gasteiger partial charge in [-0.15, -0.1) is 0 Å². The number of hydrogen-bond acceptors (Lipinski definition) is 2. The second-order valence-electron chi connectivity index (χ2n) is 6.17. The van der Waals surface area contributed by atoms with E-state index in [9.17, 15) is 0 Å². The summed E-state index contributed by atoms with van der Waals surface area (Å²) in [7, 11) is 0. The zero-order valence-corrected chi connectivity index (χ0v) is 10.9. The molecule has 0 spiro atoms. The van der Waals surface area contributed by atoms with Crippen molar-refractivity contribution in [2.24, 2.45) is 0 Å². The molecule has 3 saturated heterocycles. The van der Waals surface area contributed by atoms with Crippen molar-refractivity contribution in [1.82, 2.24) is 9.80 Å². The number of piperazine rings is 1. The number of fused-ring (bicyclic) bond motifs is 3. The summed E-state index contributed by atoms with van der Waals surface area (Å²) >= 11 is 0. The van der Waals surface area contributed by atoms with Gasteiger partial charge in [0.15, 0.2) is 0 Å². The summed E-state index contributed by atoms with van der Waals surface area (Å²) in [4.78, 5) is 5.64. The van der Waals surface area contributed by atoms with Crippen molar-refractivity contribution < 1.29 is 0 Å². The number of rotatable bonds is 0. The minimum absolute atomic E-state index is 0.845. The quantitative estimate of drug-likeness (QED) is 0.621. The standard InChI is InChI=1S/C14H26N2/c1-11-5-3-7-13-14-8-4-6-12(2)16(14)10-9-15(11)13/h11-14H,3-10H2,1-2H3. The molecule has 4 unspecified atom stereocenters. The first kappa shape index (κ1) is 11.0. The summed E-state index contributed by atoms with van der Waals surface area (Å²) in [6.07, 6.45) is 8.69. The first-order chi connectivity index (χ1) is 7.77. The van der Waals surface area contributed by atoms with Crippen LogP contribution < -0.4 is 0 Å². The van der Waals surface area contributed by atoms with Crippen LogP contribution in [0.4, 0.5) is 0 Å². The van der Waals surface area contributed by atoms with Crippen LogP contribution in [0.3, 0.4) is 0 Å². The molecule has 0 radical (unpaired) electrons. The van der Waals surface area contributed by atoms with Crippen LogP contribution in [-0.4, -0.2) is 47.1 Å². The Kier molecular flexibility index (Phi) is 2.97. The molecule has 0 N–H and O–H groups in total. The Morgan fingerprint density at radius 2 is 1.12 bits per heavy atom. The first-order valence-electron chi connectivity index (χ1n) is 7.29. The highest BCUT2D eigenvalue weighted by Crippen LogP contribution is 2.35. The topological polar surface area (TPSA) is 6.48 Å². The predicted molar refractivity (Wildman–Crippen MR) is 67.6 cm³/mol. The molecule has 4 atom stereocenters. The molecule has 3 fully saturated rings. The molecule has 3 rings (SSSR count). The van der Waals surface area contributed by atoms with Crippen LogP contribution in [0.1, 0.15) is 52.4 Å². The van der Waals surface area contributed by atoms with Crippen LogP contribution in [0.2, 0.25) is 0 Å². The third-order valence-electron chi connectivity index (χ3n) is 5.29. The zero-order chi connectivity index (χ0) is 11.1. The summed E-state index contributed by atoms with van der Waals surface area (Å²) in [5.74, 6) is 0. The summed E-state index contributed by atoms with van der Waals surface area (Å²) in [5.41, 5.74) is 0. The summed E-state index contributed by atoms with van der Waals surface area (Å²) < 4.78 is 0. The van der Waals surface area contributed by atoms with E-state index in [4.69, 9.17) is 0 Å². The van der Waals surface area contributed by atoms with Crippen LogP contribution in [0.25, 0.3) is 0 Å². The molecule has 16 heavy (non-hydrogen) atoms. The maximum absolute atomic E-state index is 2.82. The summed E-state index contributed by atoms with van der Waals surface area (Å²) in [6, 6.07) is 3.47. The van der Waals surface area contributed by atoms with E-state index in [1.807, 2.05) is 0 Å². The maximum Gasteiger partial charge on any atom is 0.0255 e. The predicted octanol–water partition coefficient (Wildman–Crippen LogP) is 2.49. The van der Waals surface area contributed by atoms with Crippen LogP contribution in [-0.2, 0) is 0 Å². The van der Waals surface area contributed by atoms with Crippen LogP contribution >= 0.6 is 0 Å². The lowest BCUT2D eigenvalue weighted by Crippen LogP contribution is -2.65. The van der Waals surface area contributed by atoms with E-state index < -0.39 is 0 Å². The number of nitrogens with zero attached hydrogens (tertiary/aromatic N) is 2. The Morgan fingerprint density at radius 3 is 1.56 bits per heavy atom. The SMILES string of the molecule is CC1CCCC2C3CCCC(C)N3CCN12. The van der Waals surface area contributed by atoms with Gasteiger partial charge in [-0.3, -0.25) is 9.80 Å². The lowest BCUT2D eigenvalue weighted by molar-refractivity contribution is -0.0599. The van der Waals surface area contributed by atoms with Crippen molar-refractivity contribution >= 4 is 0 Å². The fourth-order valence-electron chi connectivity index (χ4n) is 4.39. The lowest BCUT2D eigenvalue weighted by atomic mass is 9.83. The largest absolute Gasteiger partial charge is 0.295 e. The monoisotopic (exact) mass is 222 g/mol. The minimum atomic E-state index is 0.845. The molecule has 0 aliphatic carbocycles. The Hall–Kier alpha value is -0.0800. The molecule has 3 aliphatic heterocycles. The molecule has 0 aromatic rings. The number of piperidine rings is 2. The van der Waals surface area contributed by atoms with E-state index >= 15 is 0 Å². The van der Waals surface area contributed by atoms with Gasteiger partial charge in [-0.05, 0) is 39.5 Å². The van der Waals surface area contributed by atoms with Crippen molar-refractivity contribution in [1.29, 1.82) is 0 Å². The van der Waals surface area contributed by atoms with Crippen LogP contribution in [0.5, 0.6) is 0 Å². The van der Waals surface area contributed by atoms with Gasteiger partial charge in [0.1, 0.15) is 0 Å². The van der Waals surface area contributed by atoms with Gasteiger partial charge in [-0.2, -0.15) is 0 Å². The van der Waals surface area contributed by atoms with Crippen molar-refractivity contribution in [3.05, 3.63) is 0 Å². The fraction of sp³-hybridized carbons (Fsp3) is 1.00. The van der Waals surface area contributed by atoms with E-state index in [1.54, 1.807) is 0 Å². The Morgan fingerprint density at radius 1 is 0.688 bits per heavy atom. The van der Waals surface area contributed by atoms with Gasteiger partial charge in [0.2, 0.25) is 0 Å². The third-order valence-corrected chi connectivity index (χ3v) is 5.29. The van der Waals surface area contributed by atoms with Crippen molar-refractivity contribution in [3.8, 4) is 0 Å². The molecular formula is C14H26N2. The molecule has 0 aromatic carbocycles. The molecule has 0 saturated carbocycles. The van der Waals surface area contributed by atoms with E-state index in [-0.39, 0.29) is 0 Å². The second kappa shape index (κ2) is 4.30. The zero-order valence-electron chi connectivity index (χ0n) is 10.9. The number of hydrogen-bond donors (Lipinski definition) is 0. The van der Waals surface area contributed by atoms with Crippen molar-refractivity contribution in [2.75, 3.05) is 13.1 Å². The average Bonchev–Trinajstić information content (AvgIpc) is 2.30. The van der Waals surface area contributed by atoms with E-state index in [0.29, 0.717) is 0 Å². The van der Waals surface area contributed by atoms with E-state index in [2.05, 4.69) is 23.6 Å².